The maximum absolute atomic E-state index is 13.6. The number of thioether (sulfide) groups is 1. The maximum atomic E-state index is 13.6. The van der Waals surface area contributed by atoms with Crippen molar-refractivity contribution in [1.29, 1.82) is 0 Å². The Kier molecular flexibility index (Phi) is 7.78. The van der Waals surface area contributed by atoms with Crippen molar-refractivity contribution in [2.75, 3.05) is 11.5 Å². The number of aliphatic carboxylic acids is 2. The number of allylic oxidation sites excluding steroid dienone is 1. The first-order valence-corrected chi connectivity index (χ1v) is 14.1. The first kappa shape index (κ1) is 28.2. The van der Waals surface area contributed by atoms with E-state index >= 15 is 0 Å². The molecule has 2 aromatic heterocycles. The van der Waals surface area contributed by atoms with Gasteiger partial charge in [-0.3, -0.25) is 19.3 Å². The number of nitrogens with one attached hydrogen (secondary N) is 1. The minimum Gasteiger partial charge on any atom is -0.481 e. The van der Waals surface area contributed by atoms with Gasteiger partial charge in [-0.1, -0.05) is 23.4 Å². The van der Waals surface area contributed by atoms with Gasteiger partial charge in [0.25, 0.3) is 11.8 Å². The van der Waals surface area contributed by atoms with Crippen molar-refractivity contribution >= 4 is 81.0 Å². The molecular formula is C21H20N10O7S3. The summed E-state index contributed by atoms with van der Waals surface area (Å²) in [7, 11) is 0. The van der Waals surface area contributed by atoms with Gasteiger partial charge in [-0.05, 0) is 29.3 Å². The highest BCUT2D eigenvalue weighted by Gasteiger charge is 2.65. The molecule has 3 aliphatic rings. The number of rotatable bonds is 11. The molecule has 5 N–H and O–H groups in total. The third-order valence-corrected chi connectivity index (χ3v) is 8.54. The quantitative estimate of drug-likeness (QED) is 0.0797. The zero-order valence-corrected chi connectivity index (χ0v) is 23.2. The zero-order valence-electron chi connectivity index (χ0n) is 20.7. The molecular weight excluding hydrogens is 600 g/mol. The Morgan fingerprint density at radius 2 is 2.17 bits per heavy atom. The molecule has 1 aliphatic carbocycles. The van der Waals surface area contributed by atoms with Crippen molar-refractivity contribution < 1.29 is 34.2 Å². The van der Waals surface area contributed by atoms with E-state index in [4.69, 9.17) is 27.9 Å². The standard InChI is InChI=1S/C21H20N10O7S3/c22-20-23-14(27-41-20)12(26-38-9-3-1-2-4-9)16(34)24-21(8-39)18(37)31-13(17(35)36)10(7-40-19(21)31)15-25-28-29-30(15)6-5-11(32)33/h1,3,8-9,19H,2,4-7H2,(H,24,34)(H,32,33)(H,35,36)(H2,22,23,27)/t9?,19-,21?/m0/s1. The number of tetrazole rings is 1. The second kappa shape index (κ2) is 11.3. The van der Waals surface area contributed by atoms with E-state index in [1.165, 1.54) is 0 Å². The number of oxime groups is 1. The number of nitrogens with zero attached hydrogens (tertiary/aromatic N) is 8. The predicted octanol–water partition coefficient (Wildman–Crippen LogP) is -0.713. The Morgan fingerprint density at radius 3 is 2.80 bits per heavy atom. The highest BCUT2D eigenvalue weighted by molar-refractivity contribution is 8.00. The molecule has 1 fully saturated rings. The van der Waals surface area contributed by atoms with Gasteiger partial charge in [-0.15, -0.1) is 16.9 Å². The molecule has 17 nitrogen and oxygen atoms in total. The number of thiocarbonyl (C=S) groups is 1. The van der Waals surface area contributed by atoms with Crippen LogP contribution in [0.15, 0.2) is 23.0 Å². The van der Waals surface area contributed by atoms with Crippen LogP contribution < -0.4 is 11.1 Å². The number of nitrogen functional groups attached to an aromatic ring is 1. The molecule has 2 unspecified atom stereocenters. The summed E-state index contributed by atoms with van der Waals surface area (Å²) in [6.45, 7) is -0.119. The van der Waals surface area contributed by atoms with E-state index in [1.54, 1.807) is 6.08 Å². The number of hydrogen-bond donors (Lipinski definition) is 4. The van der Waals surface area contributed by atoms with Crippen LogP contribution in [0.5, 0.6) is 0 Å². The molecule has 3 atom stereocenters. The third-order valence-electron chi connectivity index (χ3n) is 6.27. The fraction of sp³-hybridized carbons (Fsp3) is 0.381. The SMILES string of the molecule is Nc1nc(C(=NOC2C=CCC2)C(=O)NC2(C=S)C(=O)N3C(C(=O)O)=C(c4nnnn4CCC(=O)O)CS[C@H]32)ns1. The Morgan fingerprint density at radius 1 is 1.37 bits per heavy atom. The van der Waals surface area contributed by atoms with Crippen LogP contribution in [0, 0.1) is 0 Å². The molecule has 214 valence electrons. The summed E-state index contributed by atoms with van der Waals surface area (Å²) < 4.78 is 5.18. The van der Waals surface area contributed by atoms with Crippen LogP contribution in [0.4, 0.5) is 5.13 Å². The van der Waals surface area contributed by atoms with Gasteiger partial charge >= 0.3 is 11.9 Å². The number of aromatic nitrogens is 6. The number of anilines is 1. The van der Waals surface area contributed by atoms with E-state index in [2.05, 4.69) is 35.4 Å². The summed E-state index contributed by atoms with van der Waals surface area (Å²) in [6.07, 6.45) is 4.48. The van der Waals surface area contributed by atoms with Crippen molar-refractivity contribution in [1.82, 2.24) is 39.8 Å². The number of carbonyl (C=O) groups excluding carboxylic acids is 2. The molecule has 2 aliphatic heterocycles. The maximum Gasteiger partial charge on any atom is 0.353 e. The largest absolute Gasteiger partial charge is 0.481 e. The smallest absolute Gasteiger partial charge is 0.353 e. The summed E-state index contributed by atoms with van der Waals surface area (Å²) in [4.78, 5) is 60.9. The number of nitrogens with two attached hydrogens (primary N) is 1. The summed E-state index contributed by atoms with van der Waals surface area (Å²) in [5.41, 5.74) is 3.26. The second-order valence-corrected chi connectivity index (χ2v) is 10.9. The fourth-order valence-electron chi connectivity index (χ4n) is 4.35. The first-order chi connectivity index (χ1) is 19.7. The Bertz CT molecular complexity index is 1530. The predicted molar refractivity (Wildman–Crippen MR) is 146 cm³/mol. The number of carboxylic acid groups (broad SMARTS) is 2. The molecule has 0 bridgehead atoms. The number of carbonyl (C=O) groups is 4. The minimum absolute atomic E-state index is 0.00557. The van der Waals surface area contributed by atoms with Crippen LogP contribution in [0.1, 0.15) is 30.9 Å². The average Bonchev–Trinajstić information content (AvgIpc) is 3.72. The van der Waals surface area contributed by atoms with Crippen molar-refractivity contribution in [3.8, 4) is 0 Å². The van der Waals surface area contributed by atoms with E-state index in [0.29, 0.717) is 6.42 Å². The van der Waals surface area contributed by atoms with Crippen LogP contribution in [-0.2, 0) is 30.6 Å². The fourth-order valence-corrected chi connectivity index (χ4v) is 6.59. The molecule has 2 aromatic rings. The number of fused-ring (bicyclic) bond motifs is 1. The monoisotopic (exact) mass is 620 g/mol. The molecule has 0 radical (unpaired) electrons. The van der Waals surface area contributed by atoms with Gasteiger partial charge in [-0.2, -0.15) is 9.36 Å². The number of aryl methyl sites for hydroxylation is 1. The van der Waals surface area contributed by atoms with Gasteiger partial charge in [0.2, 0.25) is 11.5 Å². The minimum atomic E-state index is -1.78. The van der Waals surface area contributed by atoms with Gasteiger partial charge in [0.05, 0.1) is 13.0 Å². The molecule has 20 heteroatoms. The molecule has 2 amide bonds. The Labute approximate surface area is 243 Å². The number of carboxylic acids is 2. The van der Waals surface area contributed by atoms with Gasteiger partial charge < -0.3 is 26.1 Å². The number of β-lactam (4-membered cyclic amide) rings is 1. The van der Waals surface area contributed by atoms with Crippen molar-refractivity contribution in [2.24, 2.45) is 5.16 Å². The lowest BCUT2D eigenvalue weighted by atomic mass is 9.87. The average molecular weight is 621 g/mol. The van der Waals surface area contributed by atoms with Crippen molar-refractivity contribution in [2.45, 2.75) is 42.8 Å². The van der Waals surface area contributed by atoms with Gasteiger partial charge in [0.1, 0.15) is 17.2 Å². The van der Waals surface area contributed by atoms with Gasteiger partial charge in [0, 0.05) is 28.2 Å². The highest BCUT2D eigenvalue weighted by Crippen LogP contribution is 2.47. The van der Waals surface area contributed by atoms with E-state index < -0.39 is 40.4 Å². The van der Waals surface area contributed by atoms with E-state index in [1.807, 2.05) is 6.08 Å². The second-order valence-electron chi connectivity index (χ2n) is 8.83. The molecule has 1 saturated heterocycles. The van der Waals surface area contributed by atoms with Crippen LogP contribution in [0.25, 0.3) is 5.57 Å². The topological polar surface area (TPSA) is 241 Å². The van der Waals surface area contributed by atoms with Crippen LogP contribution in [0.2, 0.25) is 0 Å². The Balaban J connectivity index is 1.44. The molecule has 41 heavy (non-hydrogen) atoms. The molecule has 5 rings (SSSR count). The third kappa shape index (κ3) is 5.15. The molecule has 0 aromatic carbocycles. The molecule has 4 heterocycles. The van der Waals surface area contributed by atoms with Gasteiger partial charge in [0.15, 0.2) is 16.5 Å². The van der Waals surface area contributed by atoms with Crippen molar-refractivity contribution in [3.63, 3.8) is 0 Å². The Hall–Kier alpha value is -4.30. The van der Waals surface area contributed by atoms with Crippen LogP contribution in [0.3, 0.4) is 0 Å². The van der Waals surface area contributed by atoms with Crippen LogP contribution >= 0.6 is 35.5 Å². The van der Waals surface area contributed by atoms with E-state index in [0.717, 1.165) is 44.7 Å². The lowest BCUT2D eigenvalue weighted by molar-refractivity contribution is -0.153. The number of hydrogen-bond acceptors (Lipinski definition) is 15. The first-order valence-electron chi connectivity index (χ1n) is 11.8. The zero-order chi connectivity index (χ0) is 29.3. The van der Waals surface area contributed by atoms with Crippen molar-refractivity contribution in [3.05, 3.63) is 29.5 Å². The summed E-state index contributed by atoms with van der Waals surface area (Å²) in [6, 6.07) is 0. The molecule has 0 saturated carbocycles. The normalized spacial score (nSPS) is 23.7. The summed E-state index contributed by atoms with van der Waals surface area (Å²) in [5.74, 6) is -4.35. The number of amides is 2. The van der Waals surface area contributed by atoms with E-state index in [9.17, 15) is 24.3 Å². The van der Waals surface area contributed by atoms with Crippen LogP contribution in [-0.4, -0.2) is 102 Å². The summed E-state index contributed by atoms with van der Waals surface area (Å²) in [5, 5.41) is 36.9. The highest BCUT2D eigenvalue weighted by atomic mass is 32.2. The molecule has 0 spiro atoms. The lowest BCUT2D eigenvalue weighted by Gasteiger charge is -2.55. The summed E-state index contributed by atoms with van der Waals surface area (Å²) >= 11 is 7.12. The van der Waals surface area contributed by atoms with E-state index in [-0.39, 0.29) is 52.9 Å². The van der Waals surface area contributed by atoms with Gasteiger partial charge in [-0.25, -0.2) is 9.48 Å². The lowest BCUT2D eigenvalue weighted by Crippen LogP contribution is -2.80.